The molecule has 1 heterocycles. The van der Waals surface area contributed by atoms with Crippen molar-refractivity contribution in [1.82, 2.24) is 10.2 Å². The van der Waals surface area contributed by atoms with Crippen LogP contribution in [0.25, 0.3) is 28.1 Å². The lowest BCUT2D eigenvalue weighted by atomic mass is 9.72. The molecule has 5 nitrogen and oxygen atoms in total. The van der Waals surface area contributed by atoms with Crippen LogP contribution in [0.3, 0.4) is 0 Å². The van der Waals surface area contributed by atoms with E-state index in [1.165, 1.54) is 6.08 Å². The highest BCUT2D eigenvalue weighted by Crippen LogP contribution is 2.47. The Morgan fingerprint density at radius 3 is 2.50 bits per heavy atom. The standard InChI is InChI=1S/C30H24FN3O2/c1-18-5-2-3-8-22(18)27(20-6-4-7-20)28(21-12-9-19(10-13-21)11-16-26(35)36)23-14-15-25-29(24(23)17-32)30(31)34-33-25/h2-3,5,8-16,20H,4,6-7H2,1H3,(H,33,34)(H,35,36)/b16-11+,28-27+. The van der Waals surface area contributed by atoms with E-state index in [0.717, 1.165) is 58.7 Å². The number of aromatic nitrogens is 2. The Kier molecular flexibility index (Phi) is 6.22. The second-order valence-electron chi connectivity index (χ2n) is 9.06. The number of benzene rings is 3. The summed E-state index contributed by atoms with van der Waals surface area (Å²) in [5, 5.41) is 25.7. The molecule has 0 unspecified atom stereocenters. The number of nitriles is 1. The van der Waals surface area contributed by atoms with E-state index in [-0.39, 0.29) is 10.9 Å². The van der Waals surface area contributed by atoms with Crippen LogP contribution in [0.2, 0.25) is 0 Å². The lowest BCUT2D eigenvalue weighted by Gasteiger charge is -2.32. The Balaban J connectivity index is 1.83. The summed E-state index contributed by atoms with van der Waals surface area (Å²) in [5.74, 6) is -1.40. The molecule has 3 aromatic carbocycles. The van der Waals surface area contributed by atoms with Crippen LogP contribution in [-0.2, 0) is 4.79 Å². The van der Waals surface area contributed by atoms with Gasteiger partial charge in [-0.15, -0.1) is 5.10 Å². The van der Waals surface area contributed by atoms with Crippen LogP contribution >= 0.6 is 0 Å². The zero-order valence-electron chi connectivity index (χ0n) is 19.8. The third-order valence-electron chi connectivity index (χ3n) is 6.90. The van der Waals surface area contributed by atoms with Crippen LogP contribution in [0.1, 0.15) is 52.6 Å². The van der Waals surface area contributed by atoms with Crippen molar-refractivity contribution in [3.63, 3.8) is 0 Å². The first-order valence-electron chi connectivity index (χ1n) is 11.9. The molecule has 1 saturated carbocycles. The first-order valence-corrected chi connectivity index (χ1v) is 11.9. The molecule has 5 rings (SSSR count). The number of aliphatic carboxylic acids is 1. The monoisotopic (exact) mass is 477 g/mol. The van der Waals surface area contributed by atoms with E-state index >= 15 is 0 Å². The number of halogens is 1. The number of nitrogens with one attached hydrogen (secondary N) is 1. The predicted molar refractivity (Wildman–Crippen MR) is 138 cm³/mol. The molecule has 0 atom stereocenters. The van der Waals surface area contributed by atoms with Crippen LogP contribution in [0, 0.1) is 30.1 Å². The lowest BCUT2D eigenvalue weighted by molar-refractivity contribution is -0.131. The number of aromatic amines is 1. The molecule has 1 fully saturated rings. The largest absolute Gasteiger partial charge is 0.478 e. The van der Waals surface area contributed by atoms with Crippen LogP contribution in [0.15, 0.2) is 66.7 Å². The highest BCUT2D eigenvalue weighted by Gasteiger charge is 2.29. The van der Waals surface area contributed by atoms with Gasteiger partial charge in [0.25, 0.3) is 0 Å². The second kappa shape index (κ2) is 9.63. The van der Waals surface area contributed by atoms with Gasteiger partial charge in [0.05, 0.1) is 16.5 Å². The predicted octanol–water partition coefficient (Wildman–Crippen LogP) is 6.74. The van der Waals surface area contributed by atoms with E-state index in [0.29, 0.717) is 17.0 Å². The van der Waals surface area contributed by atoms with Crippen molar-refractivity contribution in [1.29, 1.82) is 5.26 Å². The number of allylic oxidation sites excluding steroid dienone is 1. The van der Waals surface area contributed by atoms with Gasteiger partial charge in [0.2, 0.25) is 5.95 Å². The second-order valence-corrected chi connectivity index (χ2v) is 9.06. The number of fused-ring (bicyclic) bond motifs is 1. The highest BCUT2D eigenvalue weighted by atomic mass is 19.1. The summed E-state index contributed by atoms with van der Waals surface area (Å²) < 4.78 is 14.7. The molecule has 0 bridgehead atoms. The van der Waals surface area contributed by atoms with Gasteiger partial charge in [-0.3, -0.25) is 5.10 Å². The van der Waals surface area contributed by atoms with Crippen molar-refractivity contribution >= 4 is 34.1 Å². The topological polar surface area (TPSA) is 89.8 Å². The van der Waals surface area contributed by atoms with E-state index in [2.05, 4.69) is 35.3 Å². The fraction of sp³-hybridized carbons (Fsp3) is 0.167. The Bertz CT molecular complexity index is 1570. The zero-order chi connectivity index (χ0) is 25.2. The van der Waals surface area contributed by atoms with E-state index in [1.54, 1.807) is 6.07 Å². The van der Waals surface area contributed by atoms with Gasteiger partial charge < -0.3 is 5.11 Å². The van der Waals surface area contributed by atoms with E-state index in [4.69, 9.17) is 5.11 Å². The van der Waals surface area contributed by atoms with Gasteiger partial charge in [-0.05, 0) is 71.2 Å². The summed E-state index contributed by atoms with van der Waals surface area (Å²) in [6, 6.07) is 21.7. The first kappa shape index (κ1) is 23.3. The third-order valence-corrected chi connectivity index (χ3v) is 6.90. The summed E-state index contributed by atoms with van der Waals surface area (Å²) in [6.07, 6.45) is 5.85. The Morgan fingerprint density at radius 2 is 1.86 bits per heavy atom. The van der Waals surface area contributed by atoms with Crippen molar-refractivity contribution in [3.8, 4) is 6.07 Å². The zero-order valence-corrected chi connectivity index (χ0v) is 19.8. The number of hydrogen-bond donors (Lipinski definition) is 2. The summed E-state index contributed by atoms with van der Waals surface area (Å²) in [6.45, 7) is 2.08. The minimum Gasteiger partial charge on any atom is -0.478 e. The molecule has 1 aliphatic rings. The van der Waals surface area contributed by atoms with Crippen molar-refractivity contribution in [2.45, 2.75) is 26.2 Å². The number of aryl methyl sites for hydroxylation is 1. The van der Waals surface area contributed by atoms with E-state index < -0.39 is 11.9 Å². The molecule has 4 aromatic rings. The van der Waals surface area contributed by atoms with Gasteiger partial charge in [0.1, 0.15) is 6.07 Å². The van der Waals surface area contributed by atoms with Gasteiger partial charge in [-0.1, -0.05) is 61.0 Å². The number of carboxylic acids is 1. The van der Waals surface area contributed by atoms with E-state index in [1.807, 2.05) is 42.5 Å². The van der Waals surface area contributed by atoms with Gasteiger partial charge >= 0.3 is 5.97 Å². The number of carbonyl (C=O) groups is 1. The van der Waals surface area contributed by atoms with Gasteiger partial charge in [0, 0.05) is 11.6 Å². The molecule has 2 N–H and O–H groups in total. The number of hydrogen-bond acceptors (Lipinski definition) is 3. The lowest BCUT2D eigenvalue weighted by Crippen LogP contribution is -2.16. The SMILES string of the molecule is Cc1ccccc1/C(=C(\c1ccc(/C=C/C(=O)O)cc1)c1ccc2[nH]nc(F)c2c1C#N)C1CCC1. The first-order chi connectivity index (χ1) is 17.5. The summed E-state index contributed by atoms with van der Waals surface area (Å²) in [5.41, 5.74) is 7.29. The fourth-order valence-corrected chi connectivity index (χ4v) is 4.92. The Hall–Kier alpha value is -4.50. The van der Waals surface area contributed by atoms with E-state index in [9.17, 15) is 14.4 Å². The highest BCUT2D eigenvalue weighted by molar-refractivity contribution is 6.04. The molecule has 1 aliphatic carbocycles. The maximum Gasteiger partial charge on any atom is 0.328 e. The van der Waals surface area contributed by atoms with Crippen molar-refractivity contribution in [2.75, 3.05) is 0 Å². The van der Waals surface area contributed by atoms with Gasteiger partial charge in [-0.25, -0.2) is 4.79 Å². The van der Waals surface area contributed by atoms with Crippen molar-refractivity contribution < 1.29 is 14.3 Å². The van der Waals surface area contributed by atoms with Crippen LogP contribution in [0.5, 0.6) is 0 Å². The third kappa shape index (κ3) is 4.20. The number of nitrogens with zero attached hydrogens (tertiary/aromatic N) is 2. The fourth-order valence-electron chi connectivity index (χ4n) is 4.92. The molecular formula is C30H24FN3O2. The minimum atomic E-state index is -1.01. The molecule has 36 heavy (non-hydrogen) atoms. The minimum absolute atomic E-state index is 0.186. The average molecular weight is 478 g/mol. The number of carboxylic acid groups (broad SMARTS) is 1. The smallest absolute Gasteiger partial charge is 0.328 e. The van der Waals surface area contributed by atoms with Crippen LogP contribution in [-0.4, -0.2) is 21.3 Å². The number of rotatable bonds is 6. The molecule has 0 amide bonds. The van der Waals surface area contributed by atoms with Crippen LogP contribution < -0.4 is 0 Å². The molecule has 0 radical (unpaired) electrons. The quantitative estimate of drug-likeness (QED) is 0.238. The molecule has 178 valence electrons. The molecule has 0 aliphatic heterocycles. The van der Waals surface area contributed by atoms with Gasteiger partial charge in [-0.2, -0.15) is 9.65 Å². The summed E-state index contributed by atoms with van der Waals surface area (Å²) >= 11 is 0. The maximum absolute atomic E-state index is 14.7. The summed E-state index contributed by atoms with van der Waals surface area (Å²) in [4.78, 5) is 10.9. The Labute approximate surface area is 208 Å². The Morgan fingerprint density at radius 1 is 1.11 bits per heavy atom. The van der Waals surface area contributed by atoms with Crippen molar-refractivity contribution in [3.05, 3.63) is 106 Å². The normalized spacial score (nSPS) is 14.5. The number of H-pyrrole nitrogens is 1. The van der Waals surface area contributed by atoms with Crippen LogP contribution in [0.4, 0.5) is 4.39 Å². The molecule has 0 saturated heterocycles. The average Bonchev–Trinajstić information content (AvgIpc) is 3.23. The molecule has 1 aromatic heterocycles. The summed E-state index contributed by atoms with van der Waals surface area (Å²) in [7, 11) is 0. The van der Waals surface area contributed by atoms with Crippen molar-refractivity contribution in [2.24, 2.45) is 5.92 Å². The molecular weight excluding hydrogens is 453 g/mol. The molecule has 6 heteroatoms. The molecule has 0 spiro atoms. The van der Waals surface area contributed by atoms with Gasteiger partial charge in [0.15, 0.2) is 0 Å². The maximum atomic E-state index is 14.7.